The van der Waals surface area contributed by atoms with Gasteiger partial charge in [-0.25, -0.2) is 17.1 Å². The van der Waals surface area contributed by atoms with Crippen molar-refractivity contribution in [3.63, 3.8) is 0 Å². The van der Waals surface area contributed by atoms with Crippen LogP contribution in [0, 0.1) is 5.82 Å². The Morgan fingerprint density at radius 3 is 2.71 bits per heavy atom. The lowest BCUT2D eigenvalue weighted by Crippen LogP contribution is -2.41. The van der Waals surface area contributed by atoms with Gasteiger partial charge in [-0.1, -0.05) is 17.3 Å². The fourth-order valence-electron chi connectivity index (χ4n) is 3.39. The third-order valence-electron chi connectivity index (χ3n) is 5.12. The normalized spacial score (nSPS) is 19.2. The summed E-state index contributed by atoms with van der Waals surface area (Å²) in [7, 11) is -3.46. The van der Waals surface area contributed by atoms with Gasteiger partial charge in [-0.05, 0) is 43.4 Å². The van der Waals surface area contributed by atoms with E-state index in [4.69, 9.17) is 9.26 Å². The van der Waals surface area contributed by atoms with E-state index in [1.807, 2.05) is 0 Å². The molecule has 1 saturated carbocycles. The number of ether oxygens (including phenoxy) is 1. The minimum atomic E-state index is -3.46. The molecule has 2 aliphatic rings. The van der Waals surface area contributed by atoms with Crippen molar-refractivity contribution in [3.05, 3.63) is 47.4 Å². The lowest BCUT2D eigenvalue weighted by atomic mass is 10.1. The molecule has 2 heterocycles. The lowest BCUT2D eigenvalue weighted by molar-refractivity contribution is 0.0222. The minimum absolute atomic E-state index is 0.0235. The van der Waals surface area contributed by atoms with Gasteiger partial charge in [0.2, 0.25) is 15.9 Å². The number of benzene rings is 1. The Labute approximate surface area is 163 Å². The smallest absolute Gasteiger partial charge is 0.229 e. The lowest BCUT2D eigenvalue weighted by Gasteiger charge is -2.31. The number of rotatable bonds is 8. The van der Waals surface area contributed by atoms with E-state index < -0.39 is 15.8 Å². The molecule has 9 heteroatoms. The van der Waals surface area contributed by atoms with Crippen LogP contribution in [0.4, 0.5) is 4.39 Å². The van der Waals surface area contributed by atoms with Crippen LogP contribution in [0.1, 0.15) is 48.9 Å². The molecule has 7 nitrogen and oxygen atoms in total. The van der Waals surface area contributed by atoms with E-state index >= 15 is 0 Å². The summed E-state index contributed by atoms with van der Waals surface area (Å²) in [6.07, 6.45) is 4.14. The third-order valence-corrected chi connectivity index (χ3v) is 6.97. The molecule has 1 aromatic carbocycles. The Morgan fingerprint density at radius 1 is 1.21 bits per heavy atom. The number of aromatic nitrogens is 2. The average Bonchev–Trinajstić information content (AvgIpc) is 3.41. The molecule has 1 aliphatic heterocycles. The van der Waals surface area contributed by atoms with Crippen LogP contribution in [-0.4, -0.2) is 48.7 Å². The quantitative estimate of drug-likeness (QED) is 0.666. The summed E-state index contributed by atoms with van der Waals surface area (Å²) in [5.41, 5.74) is 0.462. The monoisotopic (exact) mass is 409 g/mol. The Kier molecular flexibility index (Phi) is 5.75. The number of piperidine rings is 1. The number of hydrogen-bond acceptors (Lipinski definition) is 6. The van der Waals surface area contributed by atoms with E-state index in [-0.39, 0.29) is 11.9 Å². The summed E-state index contributed by atoms with van der Waals surface area (Å²) in [4.78, 5) is 4.37. The van der Waals surface area contributed by atoms with Gasteiger partial charge in [0.15, 0.2) is 5.82 Å². The van der Waals surface area contributed by atoms with Crippen LogP contribution in [0.25, 0.3) is 0 Å². The highest BCUT2D eigenvalue weighted by Crippen LogP contribution is 2.38. The molecule has 0 N–H and O–H groups in total. The van der Waals surface area contributed by atoms with Crippen molar-refractivity contribution in [2.75, 3.05) is 19.7 Å². The van der Waals surface area contributed by atoms with E-state index in [2.05, 4.69) is 10.1 Å². The first-order chi connectivity index (χ1) is 13.5. The van der Waals surface area contributed by atoms with Crippen molar-refractivity contribution >= 4 is 10.0 Å². The molecular formula is C19H24FN3O4S. The second-order valence-electron chi connectivity index (χ2n) is 7.43. The van der Waals surface area contributed by atoms with Crippen molar-refractivity contribution in [3.8, 4) is 0 Å². The van der Waals surface area contributed by atoms with E-state index in [0.717, 1.165) is 18.7 Å². The fourth-order valence-corrected chi connectivity index (χ4v) is 4.94. The highest BCUT2D eigenvalue weighted by atomic mass is 32.2. The van der Waals surface area contributed by atoms with E-state index in [0.29, 0.717) is 56.3 Å². The van der Waals surface area contributed by atoms with Crippen molar-refractivity contribution in [2.45, 2.75) is 49.9 Å². The number of halogens is 1. The molecule has 0 spiro atoms. The summed E-state index contributed by atoms with van der Waals surface area (Å²) < 4.78 is 51.0. The predicted octanol–water partition coefficient (Wildman–Crippen LogP) is 2.64. The standard InChI is InChI=1S/C19H24FN3O4S/c20-16-3-1-2-14(12-16)13-28(24,25)23-9-6-17(7-10-23)26-11-8-18-21-19(27-22-18)15-4-5-15/h1-3,12,15,17H,4-11,13H2. The molecule has 0 bridgehead atoms. The number of sulfonamides is 1. The second-order valence-corrected chi connectivity index (χ2v) is 9.40. The van der Waals surface area contributed by atoms with Crippen LogP contribution in [0.2, 0.25) is 0 Å². The predicted molar refractivity (Wildman–Crippen MR) is 99.5 cm³/mol. The van der Waals surface area contributed by atoms with Crippen LogP contribution >= 0.6 is 0 Å². The van der Waals surface area contributed by atoms with Crippen LogP contribution in [0.5, 0.6) is 0 Å². The maximum atomic E-state index is 13.3. The summed E-state index contributed by atoms with van der Waals surface area (Å²) in [6.45, 7) is 1.32. The highest BCUT2D eigenvalue weighted by Gasteiger charge is 2.30. The van der Waals surface area contributed by atoms with Crippen molar-refractivity contribution in [1.82, 2.24) is 14.4 Å². The van der Waals surface area contributed by atoms with Crippen LogP contribution in [0.15, 0.2) is 28.8 Å². The SMILES string of the molecule is O=S(=O)(Cc1cccc(F)c1)N1CCC(OCCc2noc(C3CC3)n2)CC1. The van der Waals surface area contributed by atoms with Gasteiger partial charge >= 0.3 is 0 Å². The zero-order chi connectivity index (χ0) is 19.6. The minimum Gasteiger partial charge on any atom is -0.378 e. The second kappa shape index (κ2) is 8.26. The summed E-state index contributed by atoms with van der Waals surface area (Å²) >= 11 is 0. The topological polar surface area (TPSA) is 85.5 Å². The molecule has 4 rings (SSSR count). The van der Waals surface area contributed by atoms with Crippen molar-refractivity contribution in [1.29, 1.82) is 0 Å². The Morgan fingerprint density at radius 2 is 2.00 bits per heavy atom. The van der Waals surface area contributed by atoms with Crippen molar-refractivity contribution in [2.24, 2.45) is 0 Å². The molecule has 28 heavy (non-hydrogen) atoms. The zero-order valence-electron chi connectivity index (χ0n) is 15.6. The van der Waals surface area contributed by atoms with E-state index in [1.165, 1.54) is 22.5 Å². The van der Waals surface area contributed by atoms with Crippen LogP contribution in [-0.2, 0) is 26.9 Å². The molecule has 0 amide bonds. The first-order valence-corrected chi connectivity index (χ1v) is 11.3. The van der Waals surface area contributed by atoms with Gasteiger partial charge in [0.05, 0.1) is 18.5 Å². The molecule has 2 aromatic rings. The van der Waals surface area contributed by atoms with Crippen LogP contribution < -0.4 is 0 Å². The Balaban J connectivity index is 1.21. The highest BCUT2D eigenvalue weighted by molar-refractivity contribution is 7.88. The molecule has 2 fully saturated rings. The first-order valence-electron chi connectivity index (χ1n) is 9.66. The molecule has 152 valence electrons. The summed E-state index contributed by atoms with van der Waals surface area (Å²) in [5, 5.41) is 3.97. The third kappa shape index (κ3) is 4.95. The first kappa shape index (κ1) is 19.5. The largest absolute Gasteiger partial charge is 0.378 e. The average molecular weight is 409 g/mol. The van der Waals surface area contributed by atoms with E-state index in [9.17, 15) is 12.8 Å². The van der Waals surface area contributed by atoms with E-state index in [1.54, 1.807) is 6.07 Å². The van der Waals surface area contributed by atoms with Gasteiger partial charge < -0.3 is 9.26 Å². The van der Waals surface area contributed by atoms with Crippen molar-refractivity contribution < 1.29 is 22.1 Å². The zero-order valence-corrected chi connectivity index (χ0v) is 16.4. The van der Waals surface area contributed by atoms with Gasteiger partial charge in [-0.15, -0.1) is 0 Å². The molecule has 1 saturated heterocycles. The molecule has 0 atom stereocenters. The van der Waals surface area contributed by atoms with Gasteiger partial charge in [-0.2, -0.15) is 4.98 Å². The molecule has 0 radical (unpaired) electrons. The van der Waals surface area contributed by atoms with Gasteiger partial charge in [0, 0.05) is 25.4 Å². The maximum absolute atomic E-state index is 13.3. The number of nitrogens with zero attached hydrogens (tertiary/aromatic N) is 3. The molecule has 1 aliphatic carbocycles. The molecule has 0 unspecified atom stereocenters. The van der Waals surface area contributed by atoms with Gasteiger partial charge in [0.1, 0.15) is 5.82 Å². The summed E-state index contributed by atoms with van der Waals surface area (Å²) in [6, 6.07) is 5.72. The Bertz CT molecular complexity index is 905. The number of hydrogen-bond donors (Lipinski definition) is 0. The van der Waals surface area contributed by atoms with Gasteiger partial charge in [-0.3, -0.25) is 0 Å². The fraction of sp³-hybridized carbons (Fsp3) is 0.579. The van der Waals surface area contributed by atoms with Crippen LogP contribution in [0.3, 0.4) is 0 Å². The maximum Gasteiger partial charge on any atom is 0.229 e. The summed E-state index contributed by atoms with van der Waals surface area (Å²) in [5.74, 6) is 1.23. The van der Waals surface area contributed by atoms with Gasteiger partial charge in [0.25, 0.3) is 0 Å². The molecular weight excluding hydrogens is 385 g/mol. The Hall–Kier alpha value is -1.84. The molecule has 1 aromatic heterocycles.